The Morgan fingerprint density at radius 3 is 0.971 bits per heavy atom. The van der Waals surface area contributed by atoms with Gasteiger partial charge < -0.3 is 19.6 Å². The minimum atomic E-state index is -0.316. The number of benzene rings is 4. The molecule has 4 aromatic carbocycles. The van der Waals surface area contributed by atoms with Gasteiger partial charge in [0.25, 0.3) is 0 Å². The molecule has 0 aliphatic carbocycles. The van der Waals surface area contributed by atoms with Crippen molar-refractivity contribution in [3.63, 3.8) is 0 Å². The quantitative estimate of drug-likeness (QED) is 0.345. The number of nitrogens with zero attached hydrogens (tertiary/aromatic N) is 4. The van der Waals surface area contributed by atoms with E-state index >= 15 is 0 Å². The van der Waals surface area contributed by atoms with Crippen LogP contribution >= 0.6 is 0 Å². The van der Waals surface area contributed by atoms with Gasteiger partial charge in [-0.3, -0.25) is 0 Å². The zero-order valence-corrected chi connectivity index (χ0v) is 21.1. The van der Waals surface area contributed by atoms with Crippen molar-refractivity contribution in [1.29, 1.82) is 0 Å². The van der Waals surface area contributed by atoms with Gasteiger partial charge in [0.05, 0.1) is 0 Å². The molecule has 4 heteroatoms. The lowest BCUT2D eigenvalue weighted by molar-refractivity contribution is 0.180. The molecule has 0 N–H and O–H groups in total. The number of rotatable bonds is 3. The molecule has 2 heterocycles. The van der Waals surface area contributed by atoms with E-state index in [9.17, 15) is 0 Å². The van der Waals surface area contributed by atoms with E-state index in [0.29, 0.717) is 0 Å². The van der Waals surface area contributed by atoms with Gasteiger partial charge in [-0.25, -0.2) is 0 Å². The third kappa shape index (κ3) is 2.20. The third-order valence-electron chi connectivity index (χ3n) is 9.01. The van der Waals surface area contributed by atoms with Crippen molar-refractivity contribution in [2.75, 3.05) is 47.8 Å². The normalized spacial score (nSPS) is 18.2. The van der Waals surface area contributed by atoms with E-state index in [1.54, 1.807) is 0 Å². The molecule has 4 aromatic rings. The van der Waals surface area contributed by atoms with Gasteiger partial charge in [0.2, 0.25) is 0 Å². The molecule has 174 valence electrons. The lowest BCUT2D eigenvalue weighted by Crippen LogP contribution is -2.82. The van der Waals surface area contributed by atoms with Crippen molar-refractivity contribution in [2.45, 2.75) is 38.0 Å². The highest BCUT2D eigenvalue weighted by Gasteiger charge is 2.63. The fourth-order valence-electron chi connectivity index (χ4n) is 7.56. The van der Waals surface area contributed by atoms with Crippen LogP contribution in [0.4, 0.5) is 22.7 Å². The van der Waals surface area contributed by atoms with Crippen LogP contribution in [-0.4, -0.2) is 39.5 Å². The molecule has 0 aromatic heterocycles. The Hall–Kier alpha value is -3.40. The Balaban J connectivity index is 1.69. The van der Waals surface area contributed by atoms with Crippen LogP contribution in [0.1, 0.15) is 26.7 Å². The zero-order chi connectivity index (χ0) is 23.8. The van der Waals surface area contributed by atoms with Crippen molar-refractivity contribution < 1.29 is 0 Å². The van der Waals surface area contributed by atoms with E-state index < -0.39 is 0 Å². The van der Waals surface area contributed by atoms with Gasteiger partial charge >= 0.3 is 0 Å². The average molecular weight is 451 g/mol. The van der Waals surface area contributed by atoms with Crippen molar-refractivity contribution in [1.82, 2.24) is 0 Å². The molecule has 0 atom stereocenters. The van der Waals surface area contributed by atoms with E-state index in [1.165, 1.54) is 44.3 Å². The summed E-state index contributed by atoms with van der Waals surface area (Å²) < 4.78 is 0. The average Bonchev–Trinajstić information content (AvgIpc) is 2.87. The van der Waals surface area contributed by atoms with E-state index in [4.69, 9.17) is 0 Å². The smallest absolute Gasteiger partial charge is 0.155 e. The van der Waals surface area contributed by atoms with Gasteiger partial charge in [-0.15, -0.1) is 0 Å². The van der Waals surface area contributed by atoms with Crippen LogP contribution in [0.3, 0.4) is 0 Å². The van der Waals surface area contributed by atoms with Crippen LogP contribution in [-0.2, 0) is 0 Å². The maximum absolute atomic E-state index is 2.56. The minimum Gasteiger partial charge on any atom is -0.348 e. The highest BCUT2D eigenvalue weighted by atomic mass is 15.5. The van der Waals surface area contributed by atoms with E-state index in [2.05, 4.69) is 134 Å². The molecule has 0 saturated carbocycles. The van der Waals surface area contributed by atoms with Gasteiger partial charge in [-0.1, -0.05) is 62.4 Å². The first-order chi connectivity index (χ1) is 16.4. The van der Waals surface area contributed by atoms with Crippen molar-refractivity contribution in [2.24, 2.45) is 0 Å². The first kappa shape index (κ1) is 21.2. The molecular formula is C30H34N4. The summed E-state index contributed by atoms with van der Waals surface area (Å²) in [5.41, 5.74) is 4.59. The van der Waals surface area contributed by atoms with Gasteiger partial charge in [-0.2, -0.15) is 0 Å². The maximum atomic E-state index is 2.56. The summed E-state index contributed by atoms with van der Waals surface area (Å²) in [6.07, 6.45) is 1.93. The molecule has 0 amide bonds. The summed E-state index contributed by atoms with van der Waals surface area (Å²) in [6.45, 7) is 4.70. The number of hydrogen-bond donors (Lipinski definition) is 0. The first-order valence-corrected chi connectivity index (χ1v) is 12.4. The molecule has 0 unspecified atom stereocenters. The molecule has 0 radical (unpaired) electrons. The Bertz CT molecular complexity index is 1230. The highest BCUT2D eigenvalue weighted by Crippen LogP contribution is 2.56. The van der Waals surface area contributed by atoms with Crippen molar-refractivity contribution in [3.8, 4) is 0 Å². The molecule has 0 fully saturated rings. The highest BCUT2D eigenvalue weighted by molar-refractivity contribution is 6.08. The second kappa shape index (κ2) is 7.05. The van der Waals surface area contributed by atoms with E-state index in [-0.39, 0.29) is 11.3 Å². The SMILES string of the molecule is CCC1(C2(CC)N(C)c3cccc4cccc(c34)N2C)N(C)c2cccc3cccc(c23)N1C. The predicted molar refractivity (Wildman–Crippen MR) is 148 cm³/mol. The van der Waals surface area contributed by atoms with Crippen LogP contribution in [0, 0.1) is 0 Å². The Labute approximate surface area is 203 Å². The summed E-state index contributed by atoms with van der Waals surface area (Å²) in [7, 11) is 9.19. The fourth-order valence-corrected chi connectivity index (χ4v) is 7.56. The third-order valence-corrected chi connectivity index (χ3v) is 9.01. The number of anilines is 4. The van der Waals surface area contributed by atoms with Crippen LogP contribution in [0.5, 0.6) is 0 Å². The summed E-state index contributed by atoms with van der Waals surface area (Å²) in [6, 6.07) is 26.9. The summed E-state index contributed by atoms with van der Waals surface area (Å²) in [4.78, 5) is 10.2. The standard InChI is InChI=1S/C30H34N4/c1-7-29(31(3)23-17-9-13-21-14-10-18-24(27(21)23)32(29)4)30(8-2)33(5)25-19-11-15-22-16-12-20-26(28(22)25)34(30)6/h9-20H,7-8H2,1-6H3. The Morgan fingerprint density at radius 1 is 0.471 bits per heavy atom. The first-order valence-electron chi connectivity index (χ1n) is 12.4. The largest absolute Gasteiger partial charge is 0.348 e. The van der Waals surface area contributed by atoms with E-state index in [1.807, 2.05) is 0 Å². The second-order valence-electron chi connectivity index (χ2n) is 9.88. The van der Waals surface area contributed by atoms with Crippen LogP contribution in [0.25, 0.3) is 21.5 Å². The maximum Gasteiger partial charge on any atom is 0.155 e. The lowest BCUT2D eigenvalue weighted by atomic mass is 9.77. The van der Waals surface area contributed by atoms with Gasteiger partial charge in [0.15, 0.2) is 11.3 Å². The Kier molecular flexibility index (Phi) is 4.39. The predicted octanol–water partition coefficient (Wildman–Crippen LogP) is 6.68. The molecular weight excluding hydrogens is 416 g/mol. The minimum absolute atomic E-state index is 0.316. The monoisotopic (exact) mass is 450 g/mol. The molecule has 2 aliphatic heterocycles. The molecule has 0 spiro atoms. The zero-order valence-electron chi connectivity index (χ0n) is 21.1. The summed E-state index contributed by atoms with van der Waals surface area (Å²) in [5, 5.41) is 5.27. The van der Waals surface area contributed by atoms with Crippen LogP contribution in [0.2, 0.25) is 0 Å². The molecule has 0 bridgehead atoms. The van der Waals surface area contributed by atoms with Crippen LogP contribution < -0.4 is 19.6 Å². The van der Waals surface area contributed by atoms with Crippen molar-refractivity contribution >= 4 is 44.3 Å². The summed E-state index contributed by atoms with van der Waals surface area (Å²) >= 11 is 0. The molecule has 6 rings (SSSR count). The summed E-state index contributed by atoms with van der Waals surface area (Å²) in [5.74, 6) is 0. The Morgan fingerprint density at radius 2 is 0.735 bits per heavy atom. The van der Waals surface area contributed by atoms with Crippen LogP contribution in [0.15, 0.2) is 72.8 Å². The molecule has 34 heavy (non-hydrogen) atoms. The second-order valence-corrected chi connectivity index (χ2v) is 9.88. The lowest BCUT2D eigenvalue weighted by Gasteiger charge is -2.68. The molecule has 4 nitrogen and oxygen atoms in total. The van der Waals surface area contributed by atoms with Gasteiger partial charge in [0.1, 0.15) is 0 Å². The van der Waals surface area contributed by atoms with Crippen molar-refractivity contribution in [3.05, 3.63) is 72.8 Å². The van der Waals surface area contributed by atoms with Gasteiger partial charge in [0, 0.05) is 61.7 Å². The number of likely N-dealkylation sites (N-methyl/N-ethyl adjacent to an activating group) is 4. The number of hydrogen-bond acceptors (Lipinski definition) is 4. The topological polar surface area (TPSA) is 13.0 Å². The molecule has 0 saturated heterocycles. The van der Waals surface area contributed by atoms with E-state index in [0.717, 1.165) is 12.8 Å². The molecule has 2 aliphatic rings. The fraction of sp³-hybridized carbons (Fsp3) is 0.333. The van der Waals surface area contributed by atoms with Gasteiger partial charge in [-0.05, 0) is 47.9 Å².